The van der Waals surface area contributed by atoms with Crippen molar-refractivity contribution in [1.82, 2.24) is 0 Å². The monoisotopic (exact) mass is 205 g/mol. The van der Waals surface area contributed by atoms with Gasteiger partial charge in [-0.25, -0.2) is 0 Å². The third-order valence-electron chi connectivity index (χ3n) is 3.04. The molecule has 0 bridgehead atoms. The van der Waals surface area contributed by atoms with Crippen LogP contribution in [0, 0.1) is 5.92 Å². The Kier molecular flexibility index (Phi) is 3.75. The Bertz CT molecular complexity index is 288. The predicted molar refractivity (Wildman–Crippen MR) is 61.6 cm³/mol. The van der Waals surface area contributed by atoms with Gasteiger partial charge in [-0.3, -0.25) is 0 Å². The van der Waals surface area contributed by atoms with Crippen LogP contribution < -0.4 is 5.73 Å². The molecular weight excluding hydrogens is 186 g/mol. The molecule has 0 saturated carbocycles. The van der Waals surface area contributed by atoms with Gasteiger partial charge in [-0.15, -0.1) is 0 Å². The highest BCUT2D eigenvalue weighted by molar-refractivity contribution is 5.22. The minimum atomic E-state index is 0.632. The summed E-state index contributed by atoms with van der Waals surface area (Å²) < 4.78 is 5.48. The molecule has 1 aliphatic heterocycles. The van der Waals surface area contributed by atoms with Gasteiger partial charge in [0.25, 0.3) is 0 Å². The molecule has 0 amide bonds. The molecule has 1 unspecified atom stereocenters. The van der Waals surface area contributed by atoms with E-state index in [1.54, 1.807) is 0 Å². The Labute approximate surface area is 91.4 Å². The van der Waals surface area contributed by atoms with Gasteiger partial charge in [0.15, 0.2) is 0 Å². The van der Waals surface area contributed by atoms with Crippen molar-refractivity contribution >= 4 is 0 Å². The smallest absolute Gasteiger partial charge is 0.0497 e. The third kappa shape index (κ3) is 3.05. The van der Waals surface area contributed by atoms with Gasteiger partial charge in [0, 0.05) is 19.8 Å². The second-order valence-corrected chi connectivity index (χ2v) is 4.31. The van der Waals surface area contributed by atoms with E-state index in [1.165, 1.54) is 24.0 Å². The van der Waals surface area contributed by atoms with Crippen molar-refractivity contribution in [2.75, 3.05) is 13.2 Å². The highest BCUT2D eigenvalue weighted by atomic mass is 16.5. The van der Waals surface area contributed by atoms with Crippen molar-refractivity contribution in [2.24, 2.45) is 11.7 Å². The van der Waals surface area contributed by atoms with Crippen LogP contribution in [0.2, 0.25) is 0 Å². The summed E-state index contributed by atoms with van der Waals surface area (Å²) in [5.74, 6) is 0.711. The van der Waals surface area contributed by atoms with Crippen LogP contribution >= 0.6 is 0 Å². The summed E-state index contributed by atoms with van der Waals surface area (Å²) in [6, 6.07) is 8.63. The summed E-state index contributed by atoms with van der Waals surface area (Å²) >= 11 is 0. The molecule has 1 heterocycles. The molecule has 1 aromatic rings. The molecule has 1 atom stereocenters. The van der Waals surface area contributed by atoms with Gasteiger partial charge in [-0.1, -0.05) is 24.3 Å². The van der Waals surface area contributed by atoms with Crippen LogP contribution in [0.4, 0.5) is 0 Å². The summed E-state index contributed by atoms with van der Waals surface area (Å²) in [6.07, 6.45) is 3.66. The zero-order valence-corrected chi connectivity index (χ0v) is 9.11. The zero-order valence-electron chi connectivity index (χ0n) is 9.11. The van der Waals surface area contributed by atoms with Crippen LogP contribution in [-0.2, 0) is 17.7 Å². The predicted octanol–water partition coefficient (Wildman–Crippen LogP) is 2.11. The van der Waals surface area contributed by atoms with E-state index in [1.807, 2.05) is 0 Å². The molecule has 1 saturated heterocycles. The molecule has 1 aliphatic rings. The fourth-order valence-electron chi connectivity index (χ4n) is 2.11. The number of hydrogen-bond donors (Lipinski definition) is 1. The lowest BCUT2D eigenvalue weighted by Crippen LogP contribution is -2.19. The van der Waals surface area contributed by atoms with Crippen molar-refractivity contribution in [2.45, 2.75) is 25.8 Å². The van der Waals surface area contributed by atoms with Gasteiger partial charge in [0.1, 0.15) is 0 Å². The first-order valence-electron chi connectivity index (χ1n) is 5.74. The summed E-state index contributed by atoms with van der Waals surface area (Å²) in [6.45, 7) is 2.51. The summed E-state index contributed by atoms with van der Waals surface area (Å²) in [4.78, 5) is 0. The molecule has 2 heteroatoms. The average molecular weight is 205 g/mol. The standard InChI is InChI=1S/C13H19NO/c14-9-12-5-3-11(4-6-12)8-13-2-1-7-15-10-13/h3-6,13H,1-2,7-10,14H2. The Hall–Kier alpha value is -0.860. The molecule has 82 valence electrons. The van der Waals surface area contributed by atoms with Crippen LogP contribution in [-0.4, -0.2) is 13.2 Å². The largest absolute Gasteiger partial charge is 0.381 e. The number of benzene rings is 1. The first-order valence-corrected chi connectivity index (χ1v) is 5.74. The lowest BCUT2D eigenvalue weighted by Gasteiger charge is -2.22. The summed E-state index contributed by atoms with van der Waals surface area (Å²) in [7, 11) is 0. The number of nitrogens with two attached hydrogens (primary N) is 1. The highest BCUT2D eigenvalue weighted by Gasteiger charge is 2.13. The summed E-state index contributed by atoms with van der Waals surface area (Å²) in [5.41, 5.74) is 8.18. The topological polar surface area (TPSA) is 35.2 Å². The van der Waals surface area contributed by atoms with E-state index in [0.717, 1.165) is 19.6 Å². The van der Waals surface area contributed by atoms with Crippen molar-refractivity contribution in [3.05, 3.63) is 35.4 Å². The Morgan fingerprint density at radius 3 is 2.53 bits per heavy atom. The number of rotatable bonds is 3. The molecule has 2 nitrogen and oxygen atoms in total. The number of hydrogen-bond acceptors (Lipinski definition) is 2. The SMILES string of the molecule is NCc1ccc(CC2CCCOC2)cc1. The molecule has 1 aromatic carbocycles. The van der Waals surface area contributed by atoms with E-state index in [0.29, 0.717) is 12.5 Å². The highest BCUT2D eigenvalue weighted by Crippen LogP contribution is 2.18. The molecule has 0 aliphatic carbocycles. The normalized spacial score (nSPS) is 21.5. The van der Waals surface area contributed by atoms with E-state index < -0.39 is 0 Å². The fourth-order valence-corrected chi connectivity index (χ4v) is 2.11. The van der Waals surface area contributed by atoms with Crippen molar-refractivity contribution < 1.29 is 4.74 Å². The quantitative estimate of drug-likeness (QED) is 0.820. The van der Waals surface area contributed by atoms with Gasteiger partial charge in [0.05, 0.1) is 0 Å². The first-order chi connectivity index (χ1) is 7.38. The van der Waals surface area contributed by atoms with Crippen LogP contribution in [0.1, 0.15) is 24.0 Å². The first kappa shape index (κ1) is 10.7. The molecule has 1 fully saturated rings. The maximum atomic E-state index is 5.56. The van der Waals surface area contributed by atoms with E-state index in [2.05, 4.69) is 24.3 Å². The van der Waals surface area contributed by atoms with Gasteiger partial charge >= 0.3 is 0 Å². The second kappa shape index (κ2) is 5.29. The Morgan fingerprint density at radius 2 is 1.93 bits per heavy atom. The maximum Gasteiger partial charge on any atom is 0.0497 e. The number of ether oxygens (including phenoxy) is 1. The van der Waals surface area contributed by atoms with E-state index in [9.17, 15) is 0 Å². The van der Waals surface area contributed by atoms with Crippen LogP contribution in [0.3, 0.4) is 0 Å². The van der Waals surface area contributed by atoms with E-state index in [4.69, 9.17) is 10.5 Å². The Balaban J connectivity index is 1.91. The van der Waals surface area contributed by atoms with Crippen molar-refractivity contribution in [1.29, 1.82) is 0 Å². The van der Waals surface area contributed by atoms with Crippen molar-refractivity contribution in [3.63, 3.8) is 0 Å². The second-order valence-electron chi connectivity index (χ2n) is 4.31. The molecule has 0 radical (unpaired) electrons. The molecule has 0 spiro atoms. The van der Waals surface area contributed by atoms with E-state index >= 15 is 0 Å². The van der Waals surface area contributed by atoms with Gasteiger partial charge in [-0.2, -0.15) is 0 Å². The molecule has 2 N–H and O–H groups in total. The van der Waals surface area contributed by atoms with Crippen molar-refractivity contribution in [3.8, 4) is 0 Å². The van der Waals surface area contributed by atoms with Crippen LogP contribution in [0.25, 0.3) is 0 Å². The maximum absolute atomic E-state index is 5.56. The fraction of sp³-hybridized carbons (Fsp3) is 0.538. The van der Waals surface area contributed by atoms with Gasteiger partial charge in [0.2, 0.25) is 0 Å². The molecule has 2 rings (SSSR count). The van der Waals surface area contributed by atoms with Crippen LogP contribution in [0.5, 0.6) is 0 Å². The minimum Gasteiger partial charge on any atom is -0.381 e. The molecule has 15 heavy (non-hydrogen) atoms. The molecular formula is C13H19NO. The lowest BCUT2D eigenvalue weighted by atomic mass is 9.94. The Morgan fingerprint density at radius 1 is 1.20 bits per heavy atom. The van der Waals surface area contributed by atoms with Crippen LogP contribution in [0.15, 0.2) is 24.3 Å². The van der Waals surface area contributed by atoms with Gasteiger partial charge < -0.3 is 10.5 Å². The third-order valence-corrected chi connectivity index (χ3v) is 3.04. The average Bonchev–Trinajstić information content (AvgIpc) is 2.31. The lowest BCUT2D eigenvalue weighted by molar-refractivity contribution is 0.0550. The zero-order chi connectivity index (χ0) is 10.5. The minimum absolute atomic E-state index is 0.632. The van der Waals surface area contributed by atoms with E-state index in [-0.39, 0.29) is 0 Å². The summed E-state index contributed by atoms with van der Waals surface area (Å²) in [5, 5.41) is 0. The molecule has 0 aromatic heterocycles. The van der Waals surface area contributed by atoms with Gasteiger partial charge in [-0.05, 0) is 36.3 Å².